The average molecular weight is 291 g/mol. The van der Waals surface area contributed by atoms with E-state index in [1.165, 1.54) is 12.1 Å². The number of azo groups is 1. The third kappa shape index (κ3) is 2.92. The summed E-state index contributed by atoms with van der Waals surface area (Å²) in [4.78, 5) is -0.252. The van der Waals surface area contributed by atoms with E-state index in [0.29, 0.717) is 11.4 Å². The summed E-state index contributed by atoms with van der Waals surface area (Å²) in [6.45, 7) is 0. The van der Waals surface area contributed by atoms with Crippen LogP contribution in [0.25, 0.3) is 0 Å². The number of benzene rings is 2. The molecule has 6 N–H and O–H groups in total. The molecule has 0 radical (unpaired) electrons. The van der Waals surface area contributed by atoms with Gasteiger partial charge in [-0.15, -0.1) is 10.2 Å². The van der Waals surface area contributed by atoms with Gasteiger partial charge in [0.25, 0.3) is 0 Å². The molecule has 0 aromatic heterocycles. The number of primary sulfonamides is 1. The SMILES string of the molecule is Nc1ccccc1/N=N/c1cccc(N)c1S(N)(=O)=O. The summed E-state index contributed by atoms with van der Waals surface area (Å²) in [7, 11) is -3.99. The van der Waals surface area contributed by atoms with Gasteiger partial charge in [0.15, 0.2) is 0 Å². The van der Waals surface area contributed by atoms with Crippen molar-refractivity contribution >= 4 is 32.8 Å². The fourth-order valence-corrected chi connectivity index (χ4v) is 2.41. The largest absolute Gasteiger partial charge is 0.398 e. The highest BCUT2D eigenvalue weighted by Gasteiger charge is 2.17. The monoisotopic (exact) mass is 291 g/mol. The van der Waals surface area contributed by atoms with Gasteiger partial charge in [-0.05, 0) is 24.3 Å². The maximum absolute atomic E-state index is 11.5. The van der Waals surface area contributed by atoms with E-state index in [9.17, 15) is 8.42 Å². The molecule has 0 aliphatic rings. The molecule has 2 aromatic carbocycles. The molecule has 2 rings (SSSR count). The first-order valence-electron chi connectivity index (χ1n) is 5.57. The van der Waals surface area contributed by atoms with Gasteiger partial charge in [0, 0.05) is 0 Å². The maximum atomic E-state index is 11.5. The molecule has 0 unspecified atom stereocenters. The molecule has 0 fully saturated rings. The lowest BCUT2D eigenvalue weighted by molar-refractivity contribution is 0.598. The van der Waals surface area contributed by atoms with Crippen LogP contribution in [-0.4, -0.2) is 8.42 Å². The summed E-state index contributed by atoms with van der Waals surface area (Å²) in [6.07, 6.45) is 0. The second kappa shape index (κ2) is 5.27. The topological polar surface area (TPSA) is 137 Å². The van der Waals surface area contributed by atoms with Gasteiger partial charge >= 0.3 is 0 Å². The lowest BCUT2D eigenvalue weighted by Crippen LogP contribution is -2.14. The van der Waals surface area contributed by atoms with Crippen molar-refractivity contribution in [1.82, 2.24) is 0 Å². The van der Waals surface area contributed by atoms with Gasteiger partial charge in [-0.3, -0.25) is 0 Å². The molecule has 20 heavy (non-hydrogen) atoms. The predicted molar refractivity (Wildman–Crippen MR) is 77.3 cm³/mol. The van der Waals surface area contributed by atoms with Crippen LogP contribution in [0.5, 0.6) is 0 Å². The fraction of sp³-hybridized carbons (Fsp3) is 0. The summed E-state index contributed by atoms with van der Waals surface area (Å²) in [5, 5.41) is 12.9. The Kier molecular flexibility index (Phi) is 3.68. The van der Waals surface area contributed by atoms with Crippen molar-refractivity contribution in [3.8, 4) is 0 Å². The van der Waals surface area contributed by atoms with E-state index in [1.807, 2.05) is 0 Å². The lowest BCUT2D eigenvalue weighted by atomic mass is 10.3. The van der Waals surface area contributed by atoms with Crippen LogP contribution in [-0.2, 0) is 10.0 Å². The molecule has 0 atom stereocenters. The second-order valence-corrected chi connectivity index (χ2v) is 5.50. The molecule has 8 heteroatoms. The Hall–Kier alpha value is -2.45. The van der Waals surface area contributed by atoms with Crippen LogP contribution in [0.1, 0.15) is 0 Å². The zero-order valence-electron chi connectivity index (χ0n) is 10.4. The van der Waals surface area contributed by atoms with Crippen molar-refractivity contribution < 1.29 is 8.42 Å². The van der Waals surface area contributed by atoms with Gasteiger partial charge in [-0.1, -0.05) is 18.2 Å². The quantitative estimate of drug-likeness (QED) is 0.587. The van der Waals surface area contributed by atoms with Crippen LogP contribution in [0.15, 0.2) is 57.6 Å². The maximum Gasteiger partial charge on any atom is 0.242 e. The number of hydrogen-bond acceptors (Lipinski definition) is 6. The molecule has 0 aliphatic carbocycles. The van der Waals surface area contributed by atoms with Crippen molar-refractivity contribution in [3.05, 3.63) is 42.5 Å². The predicted octanol–water partition coefficient (Wildman–Crippen LogP) is 1.91. The van der Waals surface area contributed by atoms with E-state index >= 15 is 0 Å². The van der Waals surface area contributed by atoms with E-state index in [0.717, 1.165) is 0 Å². The number of hydrogen-bond donors (Lipinski definition) is 3. The summed E-state index contributed by atoms with van der Waals surface area (Å²) in [6, 6.07) is 11.3. The van der Waals surface area contributed by atoms with E-state index in [2.05, 4.69) is 10.2 Å². The van der Waals surface area contributed by atoms with E-state index in [1.54, 1.807) is 30.3 Å². The standard InChI is InChI=1S/C12H13N5O2S/c13-8-4-1-2-6-10(8)16-17-11-7-3-5-9(14)12(11)20(15,18)19/h1-7H,13-14H2,(H2,15,18,19)/b17-16+. The zero-order chi connectivity index (χ0) is 14.8. The van der Waals surface area contributed by atoms with E-state index in [4.69, 9.17) is 16.6 Å². The van der Waals surface area contributed by atoms with Crippen molar-refractivity contribution in [3.63, 3.8) is 0 Å². The van der Waals surface area contributed by atoms with Gasteiger partial charge in [-0.2, -0.15) is 0 Å². The third-order valence-corrected chi connectivity index (χ3v) is 3.53. The van der Waals surface area contributed by atoms with Gasteiger partial charge in [0.2, 0.25) is 10.0 Å². The average Bonchev–Trinajstić information content (AvgIpc) is 2.36. The molecule has 7 nitrogen and oxygen atoms in total. The summed E-state index contributed by atoms with van der Waals surface area (Å²) >= 11 is 0. The Bertz CT molecular complexity index is 771. The number of nitrogen functional groups attached to an aromatic ring is 2. The molecule has 2 aromatic rings. The normalized spacial score (nSPS) is 11.8. The second-order valence-electron chi connectivity index (χ2n) is 4.00. The molecule has 0 saturated heterocycles. The number of nitrogens with two attached hydrogens (primary N) is 3. The molecule has 0 bridgehead atoms. The highest BCUT2D eigenvalue weighted by atomic mass is 32.2. The van der Waals surface area contributed by atoms with Crippen LogP contribution in [0.2, 0.25) is 0 Å². The number of para-hydroxylation sites is 1. The summed E-state index contributed by atoms with van der Waals surface area (Å²) in [5.74, 6) is 0. The van der Waals surface area contributed by atoms with Crippen molar-refractivity contribution in [2.45, 2.75) is 4.90 Å². The minimum Gasteiger partial charge on any atom is -0.398 e. The van der Waals surface area contributed by atoms with Gasteiger partial charge < -0.3 is 11.5 Å². The van der Waals surface area contributed by atoms with Crippen molar-refractivity contribution in [2.75, 3.05) is 11.5 Å². The highest BCUT2D eigenvalue weighted by Crippen LogP contribution is 2.31. The smallest absolute Gasteiger partial charge is 0.242 e. The number of sulfonamides is 1. The number of rotatable bonds is 3. The first-order chi connectivity index (χ1) is 9.39. The van der Waals surface area contributed by atoms with Gasteiger partial charge in [0.05, 0.1) is 11.4 Å². The number of nitrogens with zero attached hydrogens (tertiary/aromatic N) is 2. The molecular weight excluding hydrogens is 278 g/mol. The molecule has 104 valence electrons. The fourth-order valence-electron chi connectivity index (χ4n) is 1.62. The van der Waals surface area contributed by atoms with Crippen molar-refractivity contribution in [1.29, 1.82) is 0 Å². The Morgan fingerprint density at radius 1 is 0.800 bits per heavy atom. The van der Waals surface area contributed by atoms with Crippen LogP contribution >= 0.6 is 0 Å². The van der Waals surface area contributed by atoms with Gasteiger partial charge in [0.1, 0.15) is 16.3 Å². The molecule has 0 aliphatic heterocycles. The first-order valence-corrected chi connectivity index (χ1v) is 7.12. The number of anilines is 2. The zero-order valence-corrected chi connectivity index (χ0v) is 11.2. The lowest BCUT2D eigenvalue weighted by Gasteiger charge is -2.05. The Morgan fingerprint density at radius 2 is 1.35 bits per heavy atom. The van der Waals surface area contributed by atoms with Crippen LogP contribution < -0.4 is 16.6 Å². The third-order valence-electron chi connectivity index (χ3n) is 2.51. The summed E-state index contributed by atoms with van der Waals surface area (Å²) < 4.78 is 23.0. The Morgan fingerprint density at radius 3 is 2.00 bits per heavy atom. The molecule has 0 amide bonds. The molecular formula is C12H13N5O2S. The highest BCUT2D eigenvalue weighted by molar-refractivity contribution is 7.89. The Labute approximate surface area is 116 Å². The van der Waals surface area contributed by atoms with Crippen LogP contribution in [0.4, 0.5) is 22.7 Å². The Balaban J connectivity index is 2.51. The van der Waals surface area contributed by atoms with E-state index in [-0.39, 0.29) is 16.3 Å². The minimum atomic E-state index is -3.99. The first kappa shape index (κ1) is 14.0. The van der Waals surface area contributed by atoms with Crippen LogP contribution in [0, 0.1) is 0 Å². The van der Waals surface area contributed by atoms with Crippen LogP contribution in [0.3, 0.4) is 0 Å². The van der Waals surface area contributed by atoms with E-state index < -0.39 is 10.0 Å². The molecule has 0 spiro atoms. The molecule has 0 saturated carbocycles. The minimum absolute atomic E-state index is 0.0185. The summed E-state index contributed by atoms with van der Waals surface area (Å²) in [5.41, 5.74) is 12.3. The molecule has 0 heterocycles. The van der Waals surface area contributed by atoms with Gasteiger partial charge in [-0.25, -0.2) is 13.6 Å². The van der Waals surface area contributed by atoms with Crippen molar-refractivity contribution in [2.24, 2.45) is 15.4 Å².